The molecule has 336 valence electrons. The summed E-state index contributed by atoms with van der Waals surface area (Å²) in [7, 11) is 0. The maximum absolute atomic E-state index is 12.7. The molecule has 0 saturated carbocycles. The van der Waals surface area contributed by atoms with Crippen LogP contribution >= 0.6 is 0 Å². The average Bonchev–Trinajstić information content (AvgIpc) is 3.24. The molecule has 1 atom stereocenters. The molecule has 0 N–H and O–H groups in total. The summed E-state index contributed by atoms with van der Waals surface area (Å²) in [5.41, 5.74) is 0. The van der Waals surface area contributed by atoms with Gasteiger partial charge in [-0.25, -0.2) is 0 Å². The number of hydrogen-bond donors (Lipinski definition) is 0. The first-order chi connectivity index (χ1) is 29.5. The molecule has 0 aliphatic carbocycles. The third-order valence-electron chi connectivity index (χ3n) is 9.38. The first-order valence-electron chi connectivity index (χ1n) is 23.6. The fraction of sp³-hybridized carbons (Fsp3) is 0.574. The van der Waals surface area contributed by atoms with Crippen molar-refractivity contribution in [3.05, 3.63) is 122 Å². The number of esters is 3. The SMILES string of the molecule is CC\C=C/C=C\C=C/C=C\C=C\C=C/CCCCCC(=O)OCC(COC(=O)C/C=C\C/C=C\C/C=C\CC)OC(=O)CCCCCCC/C=C\CCCCCCCCC. The molecule has 0 rings (SSSR count). The van der Waals surface area contributed by atoms with Gasteiger partial charge in [-0.15, -0.1) is 0 Å². The van der Waals surface area contributed by atoms with E-state index in [0.29, 0.717) is 6.42 Å². The van der Waals surface area contributed by atoms with E-state index in [2.05, 4.69) is 69.4 Å². The van der Waals surface area contributed by atoms with Gasteiger partial charge < -0.3 is 14.2 Å². The minimum atomic E-state index is -0.838. The van der Waals surface area contributed by atoms with Gasteiger partial charge >= 0.3 is 17.9 Å². The molecule has 0 saturated heterocycles. The van der Waals surface area contributed by atoms with E-state index in [4.69, 9.17) is 14.2 Å². The van der Waals surface area contributed by atoms with Crippen molar-refractivity contribution in [1.29, 1.82) is 0 Å². The minimum Gasteiger partial charge on any atom is -0.462 e. The van der Waals surface area contributed by atoms with E-state index in [0.717, 1.165) is 77.0 Å². The first kappa shape index (κ1) is 55.8. The van der Waals surface area contributed by atoms with E-state index in [-0.39, 0.29) is 44.4 Å². The van der Waals surface area contributed by atoms with E-state index in [1.54, 1.807) is 6.08 Å². The third kappa shape index (κ3) is 44.9. The molecule has 0 aliphatic heterocycles. The molecule has 0 aromatic carbocycles. The second kappa shape index (κ2) is 47.5. The van der Waals surface area contributed by atoms with Crippen LogP contribution in [0.25, 0.3) is 0 Å². The molecule has 0 amide bonds. The van der Waals surface area contributed by atoms with Crippen molar-refractivity contribution < 1.29 is 28.6 Å². The van der Waals surface area contributed by atoms with Gasteiger partial charge in [-0.05, 0) is 77.0 Å². The van der Waals surface area contributed by atoms with Gasteiger partial charge in [0.2, 0.25) is 0 Å². The van der Waals surface area contributed by atoms with E-state index < -0.39 is 12.1 Å². The summed E-state index contributed by atoms with van der Waals surface area (Å²) < 4.78 is 16.6. The van der Waals surface area contributed by atoms with Gasteiger partial charge in [0.1, 0.15) is 13.2 Å². The molecule has 6 nitrogen and oxygen atoms in total. The van der Waals surface area contributed by atoms with Crippen LogP contribution in [0.15, 0.2) is 122 Å². The van der Waals surface area contributed by atoms with Crippen molar-refractivity contribution in [1.82, 2.24) is 0 Å². The molecular weight excluding hydrogens is 745 g/mol. The van der Waals surface area contributed by atoms with Gasteiger partial charge in [0.05, 0.1) is 6.42 Å². The van der Waals surface area contributed by atoms with E-state index in [9.17, 15) is 14.4 Å². The summed E-state index contributed by atoms with van der Waals surface area (Å²) in [6, 6.07) is 0. The lowest BCUT2D eigenvalue weighted by Gasteiger charge is -2.18. The molecule has 0 aliphatic rings. The number of ether oxygens (including phenoxy) is 3. The van der Waals surface area contributed by atoms with Crippen molar-refractivity contribution in [3.63, 3.8) is 0 Å². The van der Waals surface area contributed by atoms with Gasteiger partial charge in [-0.2, -0.15) is 0 Å². The van der Waals surface area contributed by atoms with Crippen LogP contribution in [0.3, 0.4) is 0 Å². The van der Waals surface area contributed by atoms with Gasteiger partial charge in [-0.1, -0.05) is 206 Å². The molecule has 0 spiro atoms. The Kier molecular flexibility index (Phi) is 44.2. The molecule has 0 aromatic heterocycles. The summed E-state index contributed by atoms with van der Waals surface area (Å²) in [6.07, 6.45) is 65.0. The van der Waals surface area contributed by atoms with Crippen LogP contribution in [0.2, 0.25) is 0 Å². The topological polar surface area (TPSA) is 78.9 Å². The Morgan fingerprint density at radius 3 is 1.37 bits per heavy atom. The van der Waals surface area contributed by atoms with Gasteiger partial charge in [0.15, 0.2) is 6.10 Å². The average molecular weight is 829 g/mol. The van der Waals surface area contributed by atoms with E-state index >= 15 is 0 Å². The van der Waals surface area contributed by atoms with Crippen LogP contribution in [-0.4, -0.2) is 37.2 Å². The maximum atomic E-state index is 12.7. The molecule has 0 aromatic rings. The van der Waals surface area contributed by atoms with Crippen molar-refractivity contribution in [3.8, 4) is 0 Å². The highest BCUT2D eigenvalue weighted by atomic mass is 16.6. The summed E-state index contributed by atoms with van der Waals surface area (Å²) in [4.78, 5) is 37.7. The molecule has 6 heteroatoms. The Labute approximate surface area is 367 Å². The Balaban J connectivity index is 4.53. The zero-order valence-electron chi connectivity index (χ0n) is 38.2. The van der Waals surface area contributed by atoms with Crippen LogP contribution in [-0.2, 0) is 28.6 Å². The minimum absolute atomic E-state index is 0.120. The summed E-state index contributed by atoms with van der Waals surface area (Å²) in [6.45, 7) is 6.20. The summed E-state index contributed by atoms with van der Waals surface area (Å²) in [5, 5.41) is 0. The summed E-state index contributed by atoms with van der Waals surface area (Å²) in [5.74, 6) is -1.12. The predicted molar refractivity (Wildman–Crippen MR) is 256 cm³/mol. The number of unbranched alkanes of at least 4 members (excludes halogenated alkanes) is 15. The van der Waals surface area contributed by atoms with Crippen LogP contribution in [0.4, 0.5) is 0 Å². The quantitative estimate of drug-likeness (QED) is 0.0201. The zero-order valence-corrected chi connectivity index (χ0v) is 38.2. The maximum Gasteiger partial charge on any atom is 0.309 e. The second-order valence-electron chi connectivity index (χ2n) is 15.1. The van der Waals surface area contributed by atoms with Gasteiger partial charge in [0.25, 0.3) is 0 Å². The number of carbonyl (C=O) groups is 3. The van der Waals surface area contributed by atoms with Crippen LogP contribution in [0.1, 0.15) is 181 Å². The smallest absolute Gasteiger partial charge is 0.309 e. The van der Waals surface area contributed by atoms with Gasteiger partial charge in [-0.3, -0.25) is 14.4 Å². The normalized spacial score (nSPS) is 13.2. The van der Waals surface area contributed by atoms with Crippen LogP contribution in [0, 0.1) is 0 Å². The molecule has 0 bridgehead atoms. The largest absolute Gasteiger partial charge is 0.462 e. The van der Waals surface area contributed by atoms with Crippen molar-refractivity contribution in [2.24, 2.45) is 0 Å². The molecule has 0 heterocycles. The fourth-order valence-electron chi connectivity index (χ4n) is 5.88. The second-order valence-corrected chi connectivity index (χ2v) is 15.1. The van der Waals surface area contributed by atoms with Gasteiger partial charge in [0, 0.05) is 12.8 Å². The molecular formula is C54H84O6. The highest BCUT2D eigenvalue weighted by molar-refractivity contribution is 5.72. The Bertz CT molecular complexity index is 1320. The molecule has 0 radical (unpaired) electrons. The molecule has 60 heavy (non-hydrogen) atoms. The summed E-state index contributed by atoms with van der Waals surface area (Å²) >= 11 is 0. The Morgan fingerprint density at radius 1 is 0.383 bits per heavy atom. The molecule has 1 unspecified atom stereocenters. The predicted octanol–water partition coefficient (Wildman–Crippen LogP) is 15.4. The number of allylic oxidation sites excluding steroid dienone is 19. The fourth-order valence-corrected chi connectivity index (χ4v) is 5.88. The lowest BCUT2D eigenvalue weighted by atomic mass is 10.1. The highest BCUT2D eigenvalue weighted by Crippen LogP contribution is 2.12. The highest BCUT2D eigenvalue weighted by Gasteiger charge is 2.19. The van der Waals surface area contributed by atoms with Crippen LogP contribution in [0.5, 0.6) is 0 Å². The number of hydrogen-bond acceptors (Lipinski definition) is 6. The van der Waals surface area contributed by atoms with Crippen molar-refractivity contribution >= 4 is 17.9 Å². The van der Waals surface area contributed by atoms with Crippen molar-refractivity contribution in [2.75, 3.05) is 13.2 Å². The number of rotatable bonds is 40. The van der Waals surface area contributed by atoms with Crippen molar-refractivity contribution in [2.45, 2.75) is 187 Å². The zero-order chi connectivity index (χ0) is 43.7. The standard InChI is InChI=1S/C54H84O6/c1-4-7-10-13-16-19-21-23-25-27-29-30-32-35-38-41-44-47-53(56)59-50-51(49-58-52(55)46-43-40-37-34-18-15-12-9-6-3)60-54(57)48-45-42-39-36-33-31-28-26-24-22-20-17-14-11-8-5-2/h7,9-10,12-13,16,18-19,21,23,25-30,32,34,40,43,51H,4-6,8,11,14-15,17,20,22,24,31,33,35-39,41-42,44-50H2,1-3H3/b10-7-,12-9-,16-13-,21-19-,25-23-,28-26-,29-27+,32-30-,34-18-,43-40-. The third-order valence-corrected chi connectivity index (χ3v) is 9.38. The van der Waals surface area contributed by atoms with E-state index in [1.165, 1.54) is 57.8 Å². The first-order valence-corrected chi connectivity index (χ1v) is 23.6. The van der Waals surface area contributed by atoms with Crippen LogP contribution < -0.4 is 0 Å². The lowest BCUT2D eigenvalue weighted by molar-refractivity contribution is -0.166. The van der Waals surface area contributed by atoms with E-state index in [1.807, 2.05) is 66.8 Å². The molecule has 0 fully saturated rings. The lowest BCUT2D eigenvalue weighted by Crippen LogP contribution is -2.30. The Morgan fingerprint density at radius 2 is 0.800 bits per heavy atom. The number of carbonyl (C=O) groups excluding carboxylic acids is 3. The Hall–Kier alpha value is -4.19. The monoisotopic (exact) mass is 829 g/mol.